The maximum Gasteiger partial charge on any atom is 0.255 e. The molecule has 0 spiro atoms. The summed E-state index contributed by atoms with van der Waals surface area (Å²) >= 11 is 11.5. The van der Waals surface area contributed by atoms with E-state index in [4.69, 9.17) is 23.2 Å². The largest absolute Gasteiger partial charge is 0.319 e. The van der Waals surface area contributed by atoms with Crippen LogP contribution in [0.4, 0.5) is 10.1 Å². The molecule has 4 nitrogen and oxygen atoms in total. The van der Waals surface area contributed by atoms with Gasteiger partial charge in [-0.25, -0.2) is 12.8 Å². The number of rotatable bonds is 3. The van der Waals surface area contributed by atoms with E-state index >= 15 is 0 Å². The summed E-state index contributed by atoms with van der Waals surface area (Å²) in [6.07, 6.45) is 0.979. The fraction of sp³-hybridized carbons (Fsp3) is 0.0714. The highest BCUT2D eigenvalue weighted by Gasteiger charge is 2.16. The third kappa shape index (κ3) is 3.76. The number of halogens is 3. The van der Waals surface area contributed by atoms with E-state index in [9.17, 15) is 17.6 Å². The number of hydrogen-bond donors (Lipinski definition) is 1. The minimum absolute atomic E-state index is 0.00739. The van der Waals surface area contributed by atoms with Crippen molar-refractivity contribution in [3.63, 3.8) is 0 Å². The van der Waals surface area contributed by atoms with Crippen molar-refractivity contribution in [3.8, 4) is 0 Å². The quantitative estimate of drug-likeness (QED) is 0.904. The van der Waals surface area contributed by atoms with Gasteiger partial charge in [0.05, 0.1) is 15.6 Å². The zero-order valence-corrected chi connectivity index (χ0v) is 13.6. The Kier molecular flexibility index (Phi) is 4.75. The number of carbonyl (C=O) groups is 1. The molecule has 1 amide bonds. The Labute approximate surface area is 136 Å². The maximum absolute atomic E-state index is 13.6. The van der Waals surface area contributed by atoms with Crippen LogP contribution in [-0.2, 0) is 9.84 Å². The monoisotopic (exact) mass is 361 g/mol. The highest BCUT2D eigenvalue weighted by molar-refractivity contribution is 7.90. The summed E-state index contributed by atoms with van der Waals surface area (Å²) in [6.45, 7) is 0. The van der Waals surface area contributed by atoms with Gasteiger partial charge in [-0.05, 0) is 36.4 Å². The Hall–Kier alpha value is -1.63. The van der Waals surface area contributed by atoms with Crippen LogP contribution >= 0.6 is 23.2 Å². The first-order chi connectivity index (χ1) is 10.2. The van der Waals surface area contributed by atoms with E-state index in [-0.39, 0.29) is 26.2 Å². The molecule has 0 atom stereocenters. The van der Waals surface area contributed by atoms with Gasteiger partial charge >= 0.3 is 0 Å². The average Bonchev–Trinajstić information content (AvgIpc) is 2.42. The molecular weight excluding hydrogens is 352 g/mol. The third-order valence-electron chi connectivity index (χ3n) is 2.77. The van der Waals surface area contributed by atoms with Crippen molar-refractivity contribution in [1.82, 2.24) is 0 Å². The van der Waals surface area contributed by atoms with Gasteiger partial charge in [-0.2, -0.15) is 0 Å². The number of carbonyl (C=O) groups excluding carboxylic acids is 1. The van der Waals surface area contributed by atoms with Crippen molar-refractivity contribution in [2.24, 2.45) is 0 Å². The summed E-state index contributed by atoms with van der Waals surface area (Å²) in [5.41, 5.74) is -0.0717. The molecule has 0 aliphatic heterocycles. The van der Waals surface area contributed by atoms with Crippen molar-refractivity contribution in [3.05, 3.63) is 57.8 Å². The molecular formula is C14H10Cl2FNO3S. The van der Waals surface area contributed by atoms with Crippen LogP contribution in [0, 0.1) is 5.82 Å². The van der Waals surface area contributed by atoms with Gasteiger partial charge in [0.1, 0.15) is 5.82 Å². The van der Waals surface area contributed by atoms with Crippen molar-refractivity contribution < 1.29 is 17.6 Å². The second-order valence-corrected chi connectivity index (χ2v) is 7.32. The summed E-state index contributed by atoms with van der Waals surface area (Å²) in [5, 5.41) is 2.59. The summed E-state index contributed by atoms with van der Waals surface area (Å²) in [6, 6.07) is 7.48. The molecule has 0 fully saturated rings. The second kappa shape index (κ2) is 6.24. The lowest BCUT2D eigenvalue weighted by Gasteiger charge is -2.09. The lowest BCUT2D eigenvalue weighted by molar-refractivity contribution is 0.102. The first-order valence-electron chi connectivity index (χ1n) is 5.94. The molecule has 2 aromatic carbocycles. The summed E-state index contributed by atoms with van der Waals surface area (Å²) in [4.78, 5) is 11.9. The van der Waals surface area contributed by atoms with Gasteiger partial charge in [0.2, 0.25) is 0 Å². The van der Waals surface area contributed by atoms with Gasteiger partial charge in [-0.15, -0.1) is 0 Å². The number of anilines is 1. The standard InChI is InChI=1S/C14H10Cl2FNO3S/c1-22(20,21)13-6-8(2-4-10(13)16)14(19)18-12-7-9(15)3-5-11(12)17/h2-7H,1H3,(H,18,19). The van der Waals surface area contributed by atoms with Gasteiger partial charge in [0, 0.05) is 16.8 Å². The zero-order valence-electron chi connectivity index (χ0n) is 11.2. The molecule has 2 rings (SSSR count). The van der Waals surface area contributed by atoms with E-state index in [1.54, 1.807) is 0 Å². The first kappa shape index (κ1) is 16.7. The van der Waals surface area contributed by atoms with E-state index < -0.39 is 21.6 Å². The first-order valence-corrected chi connectivity index (χ1v) is 8.59. The summed E-state index contributed by atoms with van der Waals surface area (Å²) in [5.74, 6) is -1.34. The fourth-order valence-corrected chi connectivity index (χ4v) is 3.19. The predicted molar refractivity (Wildman–Crippen MR) is 83.9 cm³/mol. The number of sulfone groups is 1. The molecule has 2 aromatic rings. The third-order valence-corrected chi connectivity index (χ3v) is 4.58. The zero-order chi connectivity index (χ0) is 16.5. The second-order valence-electron chi connectivity index (χ2n) is 4.50. The molecule has 0 radical (unpaired) electrons. The van der Waals surface area contributed by atoms with Crippen LogP contribution in [0.3, 0.4) is 0 Å². The molecule has 0 saturated carbocycles. The highest BCUT2D eigenvalue weighted by atomic mass is 35.5. The van der Waals surface area contributed by atoms with Gasteiger partial charge in [-0.3, -0.25) is 4.79 Å². The lowest BCUT2D eigenvalue weighted by Crippen LogP contribution is -2.14. The van der Waals surface area contributed by atoms with Gasteiger partial charge in [-0.1, -0.05) is 23.2 Å². The number of benzene rings is 2. The Morgan fingerprint density at radius 1 is 1.14 bits per heavy atom. The van der Waals surface area contributed by atoms with Gasteiger partial charge in [0.15, 0.2) is 9.84 Å². The van der Waals surface area contributed by atoms with Gasteiger partial charge < -0.3 is 5.32 Å². The Morgan fingerprint density at radius 2 is 1.82 bits per heavy atom. The molecule has 1 N–H and O–H groups in total. The van der Waals surface area contributed by atoms with Crippen LogP contribution in [0.1, 0.15) is 10.4 Å². The molecule has 0 heterocycles. The van der Waals surface area contributed by atoms with Crippen LogP contribution < -0.4 is 5.32 Å². The molecule has 0 aliphatic carbocycles. The molecule has 0 saturated heterocycles. The topological polar surface area (TPSA) is 63.2 Å². The fourth-order valence-electron chi connectivity index (χ4n) is 1.72. The molecule has 116 valence electrons. The molecule has 22 heavy (non-hydrogen) atoms. The van der Waals surface area contributed by atoms with Crippen molar-refractivity contribution in [2.75, 3.05) is 11.6 Å². The van der Waals surface area contributed by atoms with Crippen molar-refractivity contribution in [1.29, 1.82) is 0 Å². The van der Waals surface area contributed by atoms with Crippen LogP contribution in [-0.4, -0.2) is 20.6 Å². The predicted octanol–water partition coefficient (Wildman–Crippen LogP) is 3.79. The van der Waals surface area contributed by atoms with E-state index in [0.717, 1.165) is 18.4 Å². The van der Waals surface area contributed by atoms with Crippen molar-refractivity contribution in [2.45, 2.75) is 4.90 Å². The smallest absolute Gasteiger partial charge is 0.255 e. The van der Waals surface area contributed by atoms with Gasteiger partial charge in [0.25, 0.3) is 5.91 Å². The van der Waals surface area contributed by atoms with Crippen molar-refractivity contribution >= 4 is 44.6 Å². The van der Waals surface area contributed by atoms with Crippen LogP contribution in [0.5, 0.6) is 0 Å². The minimum atomic E-state index is -3.58. The molecule has 8 heteroatoms. The average molecular weight is 362 g/mol. The Balaban J connectivity index is 2.36. The number of amides is 1. The summed E-state index contributed by atoms with van der Waals surface area (Å²) < 4.78 is 36.8. The highest BCUT2D eigenvalue weighted by Crippen LogP contribution is 2.24. The SMILES string of the molecule is CS(=O)(=O)c1cc(C(=O)Nc2cc(Cl)ccc2F)ccc1Cl. The number of hydrogen-bond acceptors (Lipinski definition) is 3. The number of nitrogens with one attached hydrogen (secondary N) is 1. The van der Waals surface area contributed by atoms with E-state index in [2.05, 4.69) is 5.32 Å². The lowest BCUT2D eigenvalue weighted by atomic mass is 10.2. The molecule has 0 bridgehead atoms. The van der Waals surface area contributed by atoms with Crippen LogP contribution in [0.15, 0.2) is 41.3 Å². The molecule has 0 unspecified atom stereocenters. The van der Waals surface area contributed by atoms with E-state index in [0.29, 0.717) is 0 Å². The molecule has 0 aromatic heterocycles. The van der Waals surface area contributed by atoms with E-state index in [1.165, 1.54) is 24.3 Å². The maximum atomic E-state index is 13.6. The van der Waals surface area contributed by atoms with Crippen LogP contribution in [0.2, 0.25) is 10.0 Å². The normalized spacial score (nSPS) is 11.3. The summed E-state index contributed by atoms with van der Waals surface area (Å²) in [7, 11) is -3.58. The van der Waals surface area contributed by atoms with E-state index in [1.807, 2.05) is 0 Å². The Morgan fingerprint density at radius 3 is 2.45 bits per heavy atom. The molecule has 0 aliphatic rings. The Bertz CT molecular complexity index is 853. The van der Waals surface area contributed by atoms with Crippen LogP contribution in [0.25, 0.3) is 0 Å². The minimum Gasteiger partial charge on any atom is -0.319 e.